The average molecular weight is 290 g/mol. The molecule has 21 heavy (non-hydrogen) atoms. The predicted octanol–water partition coefficient (Wildman–Crippen LogP) is 1.78. The van der Waals surface area contributed by atoms with Gasteiger partial charge in [-0.05, 0) is 36.1 Å². The van der Waals surface area contributed by atoms with Crippen LogP contribution in [0.3, 0.4) is 0 Å². The molecule has 1 aromatic rings. The van der Waals surface area contributed by atoms with Gasteiger partial charge in [0, 0.05) is 19.2 Å². The number of carbonyl (C=O) groups is 1. The Balaban J connectivity index is 2.05. The van der Waals surface area contributed by atoms with E-state index in [2.05, 4.69) is 26.1 Å². The number of amides is 1. The van der Waals surface area contributed by atoms with E-state index in [9.17, 15) is 9.90 Å². The van der Waals surface area contributed by atoms with E-state index in [1.54, 1.807) is 11.9 Å². The molecular formula is C17H26N2O2. The van der Waals surface area contributed by atoms with Crippen LogP contribution < -0.4 is 5.32 Å². The van der Waals surface area contributed by atoms with Crippen molar-refractivity contribution in [3.8, 4) is 0 Å². The highest BCUT2D eigenvalue weighted by atomic mass is 16.3. The first-order valence-corrected chi connectivity index (χ1v) is 7.50. The predicted molar refractivity (Wildman–Crippen MR) is 84.5 cm³/mol. The molecule has 0 aliphatic carbocycles. The van der Waals surface area contributed by atoms with Crippen molar-refractivity contribution >= 4 is 5.91 Å². The smallest absolute Gasteiger partial charge is 0.253 e. The number of carbonyl (C=O) groups excluding carboxylic acids is 1. The van der Waals surface area contributed by atoms with E-state index in [4.69, 9.17) is 0 Å². The number of aliphatic hydroxyl groups is 1. The van der Waals surface area contributed by atoms with Crippen LogP contribution in [-0.4, -0.2) is 48.2 Å². The normalized spacial score (nSPS) is 22.3. The molecule has 1 amide bonds. The van der Waals surface area contributed by atoms with Gasteiger partial charge in [-0.3, -0.25) is 4.79 Å². The molecule has 1 atom stereocenters. The van der Waals surface area contributed by atoms with Crippen LogP contribution in [0.2, 0.25) is 0 Å². The molecule has 1 fully saturated rings. The second kappa shape index (κ2) is 5.78. The highest BCUT2D eigenvalue weighted by Crippen LogP contribution is 2.23. The number of hydrogen-bond donors (Lipinski definition) is 2. The van der Waals surface area contributed by atoms with E-state index in [-0.39, 0.29) is 11.3 Å². The molecule has 4 heteroatoms. The number of likely N-dealkylation sites (N-methyl/N-ethyl adjacent to an activating group) is 1. The van der Waals surface area contributed by atoms with Crippen molar-refractivity contribution in [2.75, 3.05) is 26.7 Å². The van der Waals surface area contributed by atoms with E-state index in [1.807, 2.05) is 24.3 Å². The molecule has 0 spiro atoms. The maximum absolute atomic E-state index is 12.4. The van der Waals surface area contributed by atoms with E-state index in [0.29, 0.717) is 25.1 Å². The minimum Gasteiger partial charge on any atom is -0.387 e. The molecular weight excluding hydrogens is 264 g/mol. The van der Waals surface area contributed by atoms with Crippen molar-refractivity contribution in [1.29, 1.82) is 0 Å². The second-order valence-electron chi connectivity index (χ2n) is 7.14. The Hall–Kier alpha value is -1.39. The quantitative estimate of drug-likeness (QED) is 0.892. The van der Waals surface area contributed by atoms with Crippen molar-refractivity contribution in [3.63, 3.8) is 0 Å². The van der Waals surface area contributed by atoms with Crippen molar-refractivity contribution in [2.45, 2.75) is 38.2 Å². The Morgan fingerprint density at radius 1 is 1.33 bits per heavy atom. The number of benzene rings is 1. The molecule has 1 aliphatic heterocycles. The Labute approximate surface area is 127 Å². The SMILES string of the molecule is CN(CC1(O)CCNC1)C(=O)c1ccc(C(C)(C)C)cc1. The molecule has 0 bridgehead atoms. The summed E-state index contributed by atoms with van der Waals surface area (Å²) in [5.74, 6) is -0.0456. The fourth-order valence-corrected chi connectivity index (χ4v) is 2.71. The third kappa shape index (κ3) is 3.83. The number of rotatable bonds is 3. The van der Waals surface area contributed by atoms with Gasteiger partial charge in [0.1, 0.15) is 0 Å². The van der Waals surface area contributed by atoms with Crippen molar-refractivity contribution in [2.24, 2.45) is 0 Å². The monoisotopic (exact) mass is 290 g/mol. The van der Waals surface area contributed by atoms with Gasteiger partial charge in [-0.1, -0.05) is 32.9 Å². The van der Waals surface area contributed by atoms with Crippen molar-refractivity contribution < 1.29 is 9.90 Å². The van der Waals surface area contributed by atoms with Crippen LogP contribution in [-0.2, 0) is 5.41 Å². The number of nitrogens with one attached hydrogen (secondary N) is 1. The van der Waals surface area contributed by atoms with E-state index in [0.717, 1.165) is 6.54 Å². The lowest BCUT2D eigenvalue weighted by molar-refractivity contribution is 0.0252. The second-order valence-corrected chi connectivity index (χ2v) is 7.14. The summed E-state index contributed by atoms with van der Waals surface area (Å²) in [6, 6.07) is 7.76. The van der Waals surface area contributed by atoms with Crippen LogP contribution in [0.1, 0.15) is 43.1 Å². The molecule has 116 valence electrons. The van der Waals surface area contributed by atoms with Crippen molar-refractivity contribution in [1.82, 2.24) is 10.2 Å². The fraction of sp³-hybridized carbons (Fsp3) is 0.588. The van der Waals surface area contributed by atoms with Gasteiger partial charge in [0.2, 0.25) is 0 Å². The molecule has 4 nitrogen and oxygen atoms in total. The van der Waals surface area contributed by atoms with E-state index < -0.39 is 5.60 Å². The Morgan fingerprint density at radius 2 is 1.95 bits per heavy atom. The Bertz CT molecular complexity index is 497. The molecule has 2 N–H and O–H groups in total. The van der Waals surface area contributed by atoms with Gasteiger partial charge in [-0.15, -0.1) is 0 Å². The molecule has 0 aromatic heterocycles. The van der Waals surface area contributed by atoms with Gasteiger partial charge >= 0.3 is 0 Å². The number of β-amino-alcohol motifs (C(OH)–C–C–N with tert-alkyl or cyclic N) is 1. The Kier molecular flexibility index (Phi) is 4.40. The van der Waals surface area contributed by atoms with Crippen LogP contribution in [0.25, 0.3) is 0 Å². The van der Waals surface area contributed by atoms with Gasteiger partial charge in [-0.2, -0.15) is 0 Å². The van der Waals surface area contributed by atoms with Gasteiger partial charge in [0.05, 0.1) is 12.1 Å². The third-order valence-corrected chi connectivity index (χ3v) is 4.10. The summed E-state index contributed by atoms with van der Waals surface area (Å²) in [4.78, 5) is 14.0. The zero-order chi connectivity index (χ0) is 15.7. The zero-order valence-electron chi connectivity index (χ0n) is 13.4. The van der Waals surface area contributed by atoms with Gasteiger partial charge in [0.15, 0.2) is 0 Å². The lowest BCUT2D eigenvalue weighted by Gasteiger charge is -2.28. The van der Waals surface area contributed by atoms with Crippen molar-refractivity contribution in [3.05, 3.63) is 35.4 Å². The maximum atomic E-state index is 12.4. The fourth-order valence-electron chi connectivity index (χ4n) is 2.71. The van der Waals surface area contributed by atoms with E-state index in [1.165, 1.54) is 5.56 Å². The number of hydrogen-bond acceptors (Lipinski definition) is 3. The lowest BCUT2D eigenvalue weighted by Crippen LogP contribution is -2.45. The lowest BCUT2D eigenvalue weighted by atomic mass is 9.86. The summed E-state index contributed by atoms with van der Waals surface area (Å²) in [6.45, 7) is 8.17. The van der Waals surface area contributed by atoms with Crippen LogP contribution in [0.15, 0.2) is 24.3 Å². The van der Waals surface area contributed by atoms with Crippen LogP contribution in [0.4, 0.5) is 0 Å². The number of nitrogens with zero attached hydrogens (tertiary/aromatic N) is 1. The molecule has 1 saturated heterocycles. The molecule has 1 aliphatic rings. The molecule has 1 aromatic carbocycles. The van der Waals surface area contributed by atoms with E-state index >= 15 is 0 Å². The highest BCUT2D eigenvalue weighted by molar-refractivity contribution is 5.94. The summed E-state index contributed by atoms with van der Waals surface area (Å²) >= 11 is 0. The summed E-state index contributed by atoms with van der Waals surface area (Å²) in [6.07, 6.45) is 0.688. The summed E-state index contributed by atoms with van der Waals surface area (Å²) in [5, 5.41) is 13.5. The van der Waals surface area contributed by atoms with Crippen LogP contribution in [0.5, 0.6) is 0 Å². The topological polar surface area (TPSA) is 52.6 Å². The van der Waals surface area contributed by atoms with Gasteiger partial charge < -0.3 is 15.3 Å². The Morgan fingerprint density at radius 3 is 2.43 bits per heavy atom. The van der Waals surface area contributed by atoms with Crippen LogP contribution >= 0.6 is 0 Å². The zero-order valence-corrected chi connectivity index (χ0v) is 13.4. The third-order valence-electron chi connectivity index (χ3n) is 4.10. The molecule has 0 radical (unpaired) electrons. The van der Waals surface area contributed by atoms with Gasteiger partial charge in [-0.25, -0.2) is 0 Å². The average Bonchev–Trinajstić information content (AvgIpc) is 2.83. The highest BCUT2D eigenvalue weighted by Gasteiger charge is 2.33. The standard InChI is InChI=1S/C17H26N2O2/c1-16(2,3)14-7-5-13(6-8-14)15(20)19(4)12-17(21)9-10-18-11-17/h5-8,18,21H,9-12H2,1-4H3. The molecule has 1 heterocycles. The summed E-state index contributed by atoms with van der Waals surface area (Å²) in [7, 11) is 1.75. The minimum atomic E-state index is -0.796. The van der Waals surface area contributed by atoms with Crippen LogP contribution in [0, 0.1) is 0 Å². The summed E-state index contributed by atoms with van der Waals surface area (Å²) < 4.78 is 0. The maximum Gasteiger partial charge on any atom is 0.253 e. The minimum absolute atomic E-state index is 0.0456. The molecule has 1 unspecified atom stereocenters. The van der Waals surface area contributed by atoms with Gasteiger partial charge in [0.25, 0.3) is 5.91 Å². The summed E-state index contributed by atoms with van der Waals surface area (Å²) in [5.41, 5.74) is 1.16. The first-order valence-electron chi connectivity index (χ1n) is 7.50. The first kappa shape index (κ1) is 16.0. The first-order chi connectivity index (χ1) is 9.71. The molecule has 2 rings (SSSR count). The molecule has 0 saturated carbocycles. The largest absolute Gasteiger partial charge is 0.387 e.